The van der Waals surface area contributed by atoms with Crippen molar-refractivity contribution < 1.29 is 23.6 Å². The van der Waals surface area contributed by atoms with Gasteiger partial charge in [-0.05, 0) is 19.8 Å². The van der Waals surface area contributed by atoms with Crippen LogP contribution in [0.25, 0.3) is 11.3 Å². The number of aromatic nitrogens is 1. The average Bonchev–Trinajstić information content (AvgIpc) is 3.23. The third-order valence-electron chi connectivity index (χ3n) is 4.57. The molecule has 1 unspecified atom stereocenters. The van der Waals surface area contributed by atoms with E-state index in [0.29, 0.717) is 25.5 Å². The van der Waals surface area contributed by atoms with Gasteiger partial charge in [0.1, 0.15) is 0 Å². The minimum absolute atomic E-state index is 0.108. The average molecular weight is 400 g/mol. The lowest BCUT2D eigenvalue weighted by molar-refractivity contribution is -0.131. The molecule has 154 valence electrons. The molecule has 2 heterocycles. The predicted octanol–water partition coefficient (Wildman–Crippen LogP) is 1.81. The van der Waals surface area contributed by atoms with Crippen molar-refractivity contribution in [3.05, 3.63) is 42.1 Å². The zero-order valence-corrected chi connectivity index (χ0v) is 16.2. The maximum absolute atomic E-state index is 12.4. The standard InChI is InChI=1S/C20H24N4O5/c1-2-28-20(27)22-15-9-6-10-24(13-15)18(25)12-21-19(26)16-11-17(29-23-16)14-7-4-3-5-8-14/h3-5,7-8,11,15H,2,6,9-10,12-13H2,1H3,(H,21,26)(H,22,27). The fraction of sp³-hybridized carbons (Fsp3) is 0.400. The van der Waals surface area contributed by atoms with Crippen molar-refractivity contribution in [1.29, 1.82) is 0 Å². The van der Waals surface area contributed by atoms with E-state index in [1.54, 1.807) is 11.8 Å². The lowest BCUT2D eigenvalue weighted by atomic mass is 10.1. The Kier molecular flexibility index (Phi) is 6.83. The van der Waals surface area contributed by atoms with Gasteiger partial charge in [0.05, 0.1) is 13.2 Å². The van der Waals surface area contributed by atoms with Crippen LogP contribution in [0.5, 0.6) is 0 Å². The van der Waals surface area contributed by atoms with Gasteiger partial charge in [0.25, 0.3) is 5.91 Å². The van der Waals surface area contributed by atoms with Crippen LogP contribution >= 0.6 is 0 Å². The molecule has 0 aliphatic carbocycles. The Morgan fingerprint density at radius 1 is 1.28 bits per heavy atom. The Hall–Kier alpha value is -3.36. The van der Waals surface area contributed by atoms with Crippen LogP contribution in [-0.4, -0.2) is 60.2 Å². The second-order valence-electron chi connectivity index (χ2n) is 6.67. The molecule has 1 aromatic carbocycles. The third kappa shape index (κ3) is 5.56. The van der Waals surface area contributed by atoms with Gasteiger partial charge in [0, 0.05) is 30.8 Å². The van der Waals surface area contributed by atoms with Gasteiger partial charge in [-0.1, -0.05) is 35.5 Å². The summed E-state index contributed by atoms with van der Waals surface area (Å²) in [5.74, 6) is -0.228. The molecule has 0 spiro atoms. The van der Waals surface area contributed by atoms with E-state index in [2.05, 4.69) is 15.8 Å². The number of piperidine rings is 1. The number of likely N-dealkylation sites (tertiary alicyclic amines) is 1. The van der Waals surface area contributed by atoms with Crippen LogP contribution in [0.2, 0.25) is 0 Å². The number of amides is 3. The molecule has 1 aliphatic rings. The van der Waals surface area contributed by atoms with Crippen molar-refractivity contribution in [3.8, 4) is 11.3 Å². The quantitative estimate of drug-likeness (QED) is 0.764. The highest BCUT2D eigenvalue weighted by Gasteiger charge is 2.25. The van der Waals surface area contributed by atoms with Crippen LogP contribution in [0.4, 0.5) is 4.79 Å². The zero-order chi connectivity index (χ0) is 20.6. The molecule has 2 aromatic rings. The molecule has 1 atom stereocenters. The minimum atomic E-state index is -0.486. The number of hydrogen-bond acceptors (Lipinski definition) is 6. The van der Waals surface area contributed by atoms with Crippen molar-refractivity contribution >= 4 is 17.9 Å². The monoisotopic (exact) mass is 400 g/mol. The van der Waals surface area contributed by atoms with Crippen LogP contribution in [0, 0.1) is 0 Å². The van der Waals surface area contributed by atoms with Crippen LogP contribution in [0.15, 0.2) is 40.9 Å². The van der Waals surface area contributed by atoms with E-state index in [-0.39, 0.29) is 24.2 Å². The molecule has 0 bridgehead atoms. The number of nitrogens with zero attached hydrogens (tertiary/aromatic N) is 2. The Bertz CT molecular complexity index is 852. The van der Waals surface area contributed by atoms with Gasteiger partial charge in [-0.25, -0.2) is 4.79 Å². The van der Waals surface area contributed by atoms with E-state index >= 15 is 0 Å². The summed E-state index contributed by atoms with van der Waals surface area (Å²) < 4.78 is 10.1. The first-order valence-corrected chi connectivity index (χ1v) is 9.58. The Labute approximate surface area is 168 Å². The largest absolute Gasteiger partial charge is 0.450 e. The summed E-state index contributed by atoms with van der Waals surface area (Å²) in [5.41, 5.74) is 0.917. The molecule has 1 aromatic heterocycles. The molecule has 2 N–H and O–H groups in total. The third-order valence-corrected chi connectivity index (χ3v) is 4.57. The minimum Gasteiger partial charge on any atom is -0.450 e. The number of carbonyl (C=O) groups is 3. The lowest BCUT2D eigenvalue weighted by Crippen LogP contribution is -2.51. The Balaban J connectivity index is 1.49. The number of alkyl carbamates (subject to hydrolysis) is 1. The first-order valence-electron chi connectivity index (χ1n) is 9.58. The van der Waals surface area contributed by atoms with Gasteiger partial charge in [-0.3, -0.25) is 9.59 Å². The lowest BCUT2D eigenvalue weighted by Gasteiger charge is -2.33. The molecular weight excluding hydrogens is 376 g/mol. The Morgan fingerprint density at radius 2 is 2.07 bits per heavy atom. The van der Waals surface area contributed by atoms with Crippen LogP contribution in [0.3, 0.4) is 0 Å². The summed E-state index contributed by atoms with van der Waals surface area (Å²) in [6.07, 6.45) is 1.05. The fourth-order valence-electron chi connectivity index (χ4n) is 3.14. The zero-order valence-electron chi connectivity index (χ0n) is 16.2. The first-order chi connectivity index (χ1) is 14.1. The number of ether oxygens (including phenoxy) is 1. The second-order valence-corrected chi connectivity index (χ2v) is 6.67. The molecule has 1 aliphatic heterocycles. The highest BCUT2D eigenvalue weighted by Crippen LogP contribution is 2.19. The molecule has 29 heavy (non-hydrogen) atoms. The molecule has 0 saturated carbocycles. The van der Waals surface area contributed by atoms with Crippen LogP contribution in [-0.2, 0) is 9.53 Å². The molecule has 0 radical (unpaired) electrons. The van der Waals surface area contributed by atoms with E-state index in [4.69, 9.17) is 9.26 Å². The highest BCUT2D eigenvalue weighted by atomic mass is 16.5. The van der Waals surface area contributed by atoms with Gasteiger partial charge in [0.15, 0.2) is 11.5 Å². The Morgan fingerprint density at radius 3 is 2.83 bits per heavy atom. The molecule has 9 nitrogen and oxygen atoms in total. The highest BCUT2D eigenvalue weighted by molar-refractivity contribution is 5.95. The second kappa shape index (κ2) is 9.72. The molecule has 1 saturated heterocycles. The maximum Gasteiger partial charge on any atom is 0.407 e. The number of carbonyl (C=O) groups excluding carboxylic acids is 3. The number of rotatable bonds is 6. The van der Waals surface area contributed by atoms with Gasteiger partial charge < -0.3 is 24.8 Å². The van der Waals surface area contributed by atoms with Gasteiger partial charge in [0.2, 0.25) is 5.91 Å². The van der Waals surface area contributed by atoms with E-state index in [9.17, 15) is 14.4 Å². The normalized spacial score (nSPS) is 16.2. The molecule has 3 rings (SSSR count). The molecule has 3 amide bonds. The number of hydrogen-bond donors (Lipinski definition) is 2. The summed E-state index contributed by atoms with van der Waals surface area (Å²) in [6, 6.07) is 10.7. The first kappa shape index (κ1) is 20.4. The van der Waals surface area contributed by atoms with Gasteiger partial charge in [-0.15, -0.1) is 0 Å². The predicted molar refractivity (Wildman–Crippen MR) is 104 cm³/mol. The smallest absolute Gasteiger partial charge is 0.407 e. The SMILES string of the molecule is CCOC(=O)NC1CCCN(C(=O)CNC(=O)c2cc(-c3ccccc3)on2)C1. The van der Waals surface area contributed by atoms with Crippen molar-refractivity contribution in [2.75, 3.05) is 26.2 Å². The summed E-state index contributed by atoms with van der Waals surface area (Å²) in [4.78, 5) is 37.9. The molecular formula is C20H24N4O5. The fourth-order valence-corrected chi connectivity index (χ4v) is 3.14. The van der Waals surface area contributed by atoms with Crippen molar-refractivity contribution in [3.63, 3.8) is 0 Å². The summed E-state index contributed by atoms with van der Waals surface area (Å²) >= 11 is 0. The van der Waals surface area contributed by atoms with Crippen LogP contribution in [0.1, 0.15) is 30.3 Å². The maximum atomic E-state index is 12.4. The summed E-state index contributed by atoms with van der Waals surface area (Å²) in [7, 11) is 0. The summed E-state index contributed by atoms with van der Waals surface area (Å²) in [5, 5.41) is 9.09. The van der Waals surface area contributed by atoms with Crippen molar-refractivity contribution in [1.82, 2.24) is 20.7 Å². The topological polar surface area (TPSA) is 114 Å². The molecule has 9 heteroatoms. The van der Waals surface area contributed by atoms with E-state index in [1.165, 1.54) is 6.07 Å². The number of nitrogens with one attached hydrogen (secondary N) is 2. The number of benzene rings is 1. The van der Waals surface area contributed by atoms with E-state index in [0.717, 1.165) is 18.4 Å². The van der Waals surface area contributed by atoms with Gasteiger partial charge >= 0.3 is 6.09 Å². The molecule has 1 fully saturated rings. The van der Waals surface area contributed by atoms with E-state index in [1.807, 2.05) is 30.3 Å². The van der Waals surface area contributed by atoms with Crippen molar-refractivity contribution in [2.45, 2.75) is 25.8 Å². The van der Waals surface area contributed by atoms with E-state index < -0.39 is 12.0 Å². The van der Waals surface area contributed by atoms with Gasteiger partial charge in [-0.2, -0.15) is 0 Å². The van der Waals surface area contributed by atoms with Crippen molar-refractivity contribution in [2.24, 2.45) is 0 Å². The summed E-state index contributed by atoms with van der Waals surface area (Å²) in [6.45, 7) is 2.84. The van der Waals surface area contributed by atoms with Crippen LogP contribution < -0.4 is 10.6 Å².